The molecule has 10 heteroatoms. The lowest BCUT2D eigenvalue weighted by Crippen LogP contribution is -2.28. The molecular formula is C19H17ClF3N3O3. The number of nitrogen functional groups attached to an aromatic ring is 1. The lowest BCUT2D eigenvalue weighted by atomic mass is 10.0. The van der Waals surface area contributed by atoms with Gasteiger partial charge in [0.05, 0.1) is 23.9 Å². The molecule has 0 aliphatic rings. The maximum absolute atomic E-state index is 13.2. The van der Waals surface area contributed by atoms with Crippen molar-refractivity contribution in [3.8, 4) is 5.69 Å². The number of alkyl halides is 3. The van der Waals surface area contributed by atoms with Crippen molar-refractivity contribution in [3.63, 3.8) is 0 Å². The Morgan fingerprint density at radius 2 is 1.76 bits per heavy atom. The number of esters is 1. The van der Waals surface area contributed by atoms with Gasteiger partial charge in [-0.05, 0) is 29.8 Å². The molecule has 0 aliphatic carbocycles. The van der Waals surface area contributed by atoms with Crippen LogP contribution in [-0.4, -0.2) is 17.6 Å². The van der Waals surface area contributed by atoms with Gasteiger partial charge >= 0.3 is 12.1 Å². The van der Waals surface area contributed by atoms with E-state index >= 15 is 0 Å². The van der Waals surface area contributed by atoms with Gasteiger partial charge in [0.15, 0.2) is 0 Å². The Kier molecular flexibility index (Phi) is 6.24. The second-order valence-corrected chi connectivity index (χ2v) is 6.02. The first kappa shape index (κ1) is 22.3. The number of aromatic nitrogens is 1. The molecule has 0 amide bonds. The van der Waals surface area contributed by atoms with Gasteiger partial charge in [0.1, 0.15) is 5.56 Å². The number of fused-ring (bicyclic) bond motifs is 1. The first-order valence-corrected chi connectivity index (χ1v) is 8.12. The number of benzene rings is 2. The van der Waals surface area contributed by atoms with Crippen LogP contribution in [0, 0.1) is 0 Å². The molecule has 0 saturated carbocycles. The van der Waals surface area contributed by atoms with Crippen molar-refractivity contribution < 1.29 is 22.7 Å². The third-order valence-corrected chi connectivity index (χ3v) is 4.36. The van der Waals surface area contributed by atoms with Crippen molar-refractivity contribution in [3.05, 3.63) is 69.5 Å². The van der Waals surface area contributed by atoms with Gasteiger partial charge in [-0.1, -0.05) is 18.2 Å². The molecule has 0 saturated heterocycles. The summed E-state index contributed by atoms with van der Waals surface area (Å²) in [4.78, 5) is 25.1. The zero-order chi connectivity index (χ0) is 20.6. The number of carbonyl (C=O) groups is 1. The fourth-order valence-corrected chi connectivity index (χ4v) is 2.93. The SMILES string of the molecule is COC(=O)c1c(N)c2ccc(C(F)(F)F)cc2n(-c2ccc(CN)cc2)c1=O.Cl. The number of hydrogen-bond donors (Lipinski definition) is 2. The summed E-state index contributed by atoms with van der Waals surface area (Å²) in [6.45, 7) is 0.253. The summed E-state index contributed by atoms with van der Waals surface area (Å²) in [5, 5.41) is 0.121. The molecule has 0 aliphatic heterocycles. The van der Waals surface area contributed by atoms with Crippen LogP contribution in [0.25, 0.3) is 16.6 Å². The average Bonchev–Trinajstić information content (AvgIpc) is 2.67. The van der Waals surface area contributed by atoms with E-state index in [4.69, 9.17) is 11.5 Å². The summed E-state index contributed by atoms with van der Waals surface area (Å²) < 4.78 is 45.2. The topological polar surface area (TPSA) is 100 Å². The highest BCUT2D eigenvalue weighted by Crippen LogP contribution is 2.33. The molecule has 0 spiro atoms. The maximum atomic E-state index is 13.2. The monoisotopic (exact) mass is 427 g/mol. The highest BCUT2D eigenvalue weighted by atomic mass is 35.5. The number of anilines is 1. The highest BCUT2D eigenvalue weighted by Gasteiger charge is 2.32. The molecule has 0 radical (unpaired) electrons. The number of halogens is 4. The van der Waals surface area contributed by atoms with E-state index in [1.807, 2.05) is 0 Å². The number of methoxy groups -OCH3 is 1. The highest BCUT2D eigenvalue weighted by molar-refractivity contribution is 6.04. The maximum Gasteiger partial charge on any atom is 0.416 e. The second-order valence-electron chi connectivity index (χ2n) is 6.02. The minimum Gasteiger partial charge on any atom is -0.465 e. The number of ether oxygens (including phenoxy) is 1. The van der Waals surface area contributed by atoms with E-state index < -0.39 is 28.8 Å². The summed E-state index contributed by atoms with van der Waals surface area (Å²) in [7, 11) is 1.08. The minimum atomic E-state index is -4.62. The number of carbonyl (C=O) groups excluding carboxylic acids is 1. The largest absolute Gasteiger partial charge is 0.465 e. The molecule has 3 aromatic rings. The van der Waals surface area contributed by atoms with E-state index in [2.05, 4.69) is 4.74 Å². The summed E-state index contributed by atoms with van der Waals surface area (Å²) in [6, 6.07) is 9.12. The van der Waals surface area contributed by atoms with Gasteiger partial charge in [0, 0.05) is 17.6 Å². The van der Waals surface area contributed by atoms with Gasteiger partial charge < -0.3 is 16.2 Å². The van der Waals surface area contributed by atoms with Crippen LogP contribution in [0.5, 0.6) is 0 Å². The molecule has 2 aromatic carbocycles. The van der Waals surface area contributed by atoms with Gasteiger partial charge in [0.2, 0.25) is 0 Å². The molecule has 1 heterocycles. The van der Waals surface area contributed by atoms with Crippen LogP contribution in [0.3, 0.4) is 0 Å². The average molecular weight is 428 g/mol. The van der Waals surface area contributed by atoms with Crippen LogP contribution in [0.4, 0.5) is 18.9 Å². The molecule has 29 heavy (non-hydrogen) atoms. The van der Waals surface area contributed by atoms with Gasteiger partial charge in [-0.3, -0.25) is 9.36 Å². The van der Waals surface area contributed by atoms with Crippen LogP contribution in [0.1, 0.15) is 21.5 Å². The summed E-state index contributed by atoms with van der Waals surface area (Å²) in [5.74, 6) is -0.975. The lowest BCUT2D eigenvalue weighted by molar-refractivity contribution is -0.137. The van der Waals surface area contributed by atoms with Gasteiger partial charge in [-0.15, -0.1) is 12.4 Å². The standard InChI is InChI=1S/C19H16F3N3O3.ClH/c1-28-18(27)15-16(24)13-7-4-11(19(20,21)22)8-14(13)25(17(15)26)12-5-2-10(9-23)3-6-12;/h2-8H,9,23-24H2,1H3;1H. The van der Waals surface area contributed by atoms with Crippen molar-refractivity contribution >= 4 is 35.0 Å². The Balaban J connectivity index is 0.00000300. The van der Waals surface area contributed by atoms with Gasteiger partial charge in [-0.25, -0.2) is 4.79 Å². The molecule has 0 atom stereocenters. The van der Waals surface area contributed by atoms with Crippen LogP contribution in [0.15, 0.2) is 47.3 Å². The Labute approximate surface area is 169 Å². The third-order valence-electron chi connectivity index (χ3n) is 4.36. The van der Waals surface area contributed by atoms with Crippen LogP contribution in [0.2, 0.25) is 0 Å². The molecule has 0 unspecified atom stereocenters. The fourth-order valence-electron chi connectivity index (χ4n) is 2.93. The number of rotatable bonds is 3. The molecule has 0 fully saturated rings. The number of pyridine rings is 1. The van der Waals surface area contributed by atoms with Crippen LogP contribution < -0.4 is 17.0 Å². The Hall–Kier alpha value is -3.04. The molecular weight excluding hydrogens is 411 g/mol. The van der Waals surface area contributed by atoms with Crippen molar-refractivity contribution in [1.82, 2.24) is 4.57 Å². The Morgan fingerprint density at radius 1 is 1.14 bits per heavy atom. The Morgan fingerprint density at radius 3 is 2.28 bits per heavy atom. The molecule has 1 aromatic heterocycles. The quantitative estimate of drug-likeness (QED) is 0.625. The smallest absolute Gasteiger partial charge is 0.416 e. The first-order valence-electron chi connectivity index (χ1n) is 8.12. The zero-order valence-corrected chi connectivity index (χ0v) is 15.9. The zero-order valence-electron chi connectivity index (χ0n) is 15.1. The van der Waals surface area contributed by atoms with E-state index in [0.29, 0.717) is 0 Å². The lowest BCUT2D eigenvalue weighted by Gasteiger charge is -2.17. The van der Waals surface area contributed by atoms with Gasteiger partial charge in [-0.2, -0.15) is 13.2 Å². The van der Waals surface area contributed by atoms with Gasteiger partial charge in [0.25, 0.3) is 5.56 Å². The van der Waals surface area contributed by atoms with E-state index in [-0.39, 0.29) is 41.2 Å². The summed E-state index contributed by atoms with van der Waals surface area (Å²) in [6.07, 6.45) is -4.62. The second kappa shape index (κ2) is 8.14. The first-order chi connectivity index (χ1) is 13.2. The molecule has 154 valence electrons. The van der Waals surface area contributed by atoms with E-state index in [9.17, 15) is 22.8 Å². The van der Waals surface area contributed by atoms with Crippen molar-refractivity contribution in [1.29, 1.82) is 0 Å². The molecule has 3 rings (SSSR count). The van der Waals surface area contributed by atoms with E-state index in [0.717, 1.165) is 35.4 Å². The number of hydrogen-bond acceptors (Lipinski definition) is 5. The van der Waals surface area contributed by atoms with Crippen LogP contribution in [-0.2, 0) is 17.5 Å². The minimum absolute atomic E-state index is 0. The molecule has 4 N–H and O–H groups in total. The number of nitrogens with two attached hydrogens (primary N) is 2. The normalized spacial score (nSPS) is 11.2. The molecule has 0 bridgehead atoms. The molecule has 6 nitrogen and oxygen atoms in total. The Bertz CT molecular complexity index is 1130. The third kappa shape index (κ3) is 3.92. The van der Waals surface area contributed by atoms with E-state index in [1.54, 1.807) is 12.1 Å². The number of nitrogens with zero attached hydrogens (tertiary/aromatic N) is 1. The van der Waals surface area contributed by atoms with E-state index in [1.165, 1.54) is 12.1 Å². The van der Waals surface area contributed by atoms with Crippen molar-refractivity contribution in [2.45, 2.75) is 12.7 Å². The summed E-state index contributed by atoms with van der Waals surface area (Å²) >= 11 is 0. The predicted octanol–water partition coefficient (Wildman–Crippen LogP) is 3.26. The van der Waals surface area contributed by atoms with Crippen LogP contribution >= 0.6 is 12.4 Å². The predicted molar refractivity (Wildman–Crippen MR) is 105 cm³/mol. The fraction of sp³-hybridized carbons (Fsp3) is 0.158. The van der Waals surface area contributed by atoms with Crippen molar-refractivity contribution in [2.24, 2.45) is 5.73 Å². The summed E-state index contributed by atoms with van der Waals surface area (Å²) in [5.41, 5.74) is 9.93. The van der Waals surface area contributed by atoms with Crippen molar-refractivity contribution in [2.75, 3.05) is 12.8 Å².